The van der Waals surface area contributed by atoms with Crippen molar-refractivity contribution in [2.45, 2.75) is 12.8 Å². The van der Waals surface area contributed by atoms with Gasteiger partial charge in [-0.2, -0.15) is 0 Å². The van der Waals surface area contributed by atoms with Crippen LogP contribution in [0.4, 0.5) is 0 Å². The molecule has 0 aliphatic carbocycles. The van der Waals surface area contributed by atoms with E-state index in [-0.39, 0.29) is 24.1 Å². The molecular weight excluding hydrogens is 264 g/mol. The third-order valence-electron chi connectivity index (χ3n) is 3.13. The van der Waals surface area contributed by atoms with Crippen LogP contribution >= 0.6 is 12.4 Å². The van der Waals surface area contributed by atoms with Crippen LogP contribution in [0.1, 0.15) is 23.2 Å². The van der Waals surface area contributed by atoms with E-state index >= 15 is 0 Å². The van der Waals surface area contributed by atoms with Gasteiger partial charge in [0.1, 0.15) is 0 Å². The van der Waals surface area contributed by atoms with E-state index in [4.69, 9.17) is 0 Å². The monoisotopic (exact) mass is 282 g/mol. The standard InChI is InChI=1S/C14H18N2O2.ClH/c17-13(12-4-2-1-3-5-12)6-7-14(18)16-10-8-15-9-11-16;/h1-5,15H,6-11H2;1H. The molecule has 1 fully saturated rings. The number of piperazine rings is 1. The summed E-state index contributed by atoms with van der Waals surface area (Å²) in [5.74, 6) is 0.125. The summed E-state index contributed by atoms with van der Waals surface area (Å²) >= 11 is 0. The highest BCUT2D eigenvalue weighted by Crippen LogP contribution is 2.07. The Morgan fingerprint density at radius 2 is 1.68 bits per heavy atom. The molecule has 104 valence electrons. The minimum absolute atomic E-state index is 0. The van der Waals surface area contributed by atoms with E-state index < -0.39 is 0 Å². The van der Waals surface area contributed by atoms with Crippen LogP contribution in [0.5, 0.6) is 0 Å². The van der Waals surface area contributed by atoms with Gasteiger partial charge in [0.05, 0.1) is 0 Å². The number of hydrogen-bond acceptors (Lipinski definition) is 3. The Labute approximate surface area is 119 Å². The van der Waals surface area contributed by atoms with E-state index in [0.29, 0.717) is 18.4 Å². The average molecular weight is 283 g/mol. The quantitative estimate of drug-likeness (QED) is 0.852. The SMILES string of the molecule is Cl.O=C(CCC(=O)N1CCNCC1)c1ccccc1. The van der Waals surface area contributed by atoms with Gasteiger partial charge in [-0.25, -0.2) is 0 Å². The summed E-state index contributed by atoms with van der Waals surface area (Å²) in [5.41, 5.74) is 0.686. The minimum Gasteiger partial charge on any atom is -0.340 e. The molecule has 1 aromatic carbocycles. The first-order valence-electron chi connectivity index (χ1n) is 6.34. The zero-order valence-electron chi connectivity index (χ0n) is 10.8. The number of nitrogens with one attached hydrogen (secondary N) is 1. The second-order valence-corrected chi connectivity index (χ2v) is 4.42. The number of rotatable bonds is 4. The Kier molecular flexibility index (Phi) is 6.53. The van der Waals surface area contributed by atoms with Crippen LogP contribution in [0.25, 0.3) is 0 Å². The third kappa shape index (κ3) is 4.65. The molecule has 0 bridgehead atoms. The summed E-state index contributed by atoms with van der Waals surface area (Å²) in [6.45, 7) is 3.19. The third-order valence-corrected chi connectivity index (χ3v) is 3.13. The van der Waals surface area contributed by atoms with Gasteiger partial charge in [0, 0.05) is 44.6 Å². The molecule has 1 heterocycles. The molecule has 0 saturated carbocycles. The molecule has 0 radical (unpaired) electrons. The van der Waals surface area contributed by atoms with Gasteiger partial charge >= 0.3 is 0 Å². The normalized spacial score (nSPS) is 14.6. The van der Waals surface area contributed by atoms with E-state index in [1.807, 2.05) is 23.1 Å². The second-order valence-electron chi connectivity index (χ2n) is 4.42. The predicted octanol–water partition coefficient (Wildman–Crippen LogP) is 1.50. The molecule has 19 heavy (non-hydrogen) atoms. The van der Waals surface area contributed by atoms with Crippen LogP contribution in [0, 0.1) is 0 Å². The topological polar surface area (TPSA) is 49.4 Å². The van der Waals surface area contributed by atoms with Crippen LogP contribution in [-0.4, -0.2) is 42.8 Å². The maximum atomic E-state index is 11.9. The predicted molar refractivity (Wildman–Crippen MR) is 76.7 cm³/mol. The Bertz CT molecular complexity index is 417. The molecule has 1 aliphatic heterocycles. The lowest BCUT2D eigenvalue weighted by Crippen LogP contribution is -2.46. The zero-order chi connectivity index (χ0) is 12.8. The lowest BCUT2D eigenvalue weighted by molar-refractivity contribution is -0.131. The Morgan fingerprint density at radius 1 is 1.05 bits per heavy atom. The van der Waals surface area contributed by atoms with Gasteiger partial charge in [-0.1, -0.05) is 30.3 Å². The molecule has 4 nitrogen and oxygen atoms in total. The number of carbonyl (C=O) groups is 2. The summed E-state index contributed by atoms with van der Waals surface area (Å²) in [6, 6.07) is 9.13. The first kappa shape index (κ1) is 15.7. The van der Waals surface area contributed by atoms with Crippen molar-refractivity contribution in [3.8, 4) is 0 Å². The first-order chi connectivity index (χ1) is 8.77. The number of halogens is 1. The van der Waals surface area contributed by atoms with Gasteiger partial charge in [0.25, 0.3) is 0 Å². The fourth-order valence-corrected chi connectivity index (χ4v) is 2.06. The summed E-state index contributed by atoms with van der Waals surface area (Å²) < 4.78 is 0. The molecule has 0 atom stereocenters. The molecule has 1 aliphatic rings. The van der Waals surface area contributed by atoms with E-state index in [1.165, 1.54) is 0 Å². The average Bonchev–Trinajstić information content (AvgIpc) is 2.46. The fraction of sp³-hybridized carbons (Fsp3) is 0.429. The van der Waals surface area contributed by atoms with Crippen molar-refractivity contribution in [2.24, 2.45) is 0 Å². The number of Topliss-reactive ketones (excluding diaryl/α,β-unsaturated/α-hetero) is 1. The number of hydrogen-bond donors (Lipinski definition) is 1. The highest BCUT2D eigenvalue weighted by Gasteiger charge is 2.17. The van der Waals surface area contributed by atoms with Gasteiger partial charge in [-0.3, -0.25) is 9.59 Å². The maximum Gasteiger partial charge on any atom is 0.223 e. The molecule has 1 amide bonds. The fourth-order valence-electron chi connectivity index (χ4n) is 2.06. The van der Waals surface area contributed by atoms with Crippen molar-refractivity contribution in [1.29, 1.82) is 0 Å². The van der Waals surface area contributed by atoms with Crippen LogP contribution < -0.4 is 5.32 Å². The summed E-state index contributed by atoms with van der Waals surface area (Å²) in [6.07, 6.45) is 0.612. The molecular formula is C14H19ClN2O2. The van der Waals surface area contributed by atoms with Gasteiger partial charge < -0.3 is 10.2 Å². The van der Waals surface area contributed by atoms with Crippen molar-refractivity contribution in [2.75, 3.05) is 26.2 Å². The lowest BCUT2D eigenvalue weighted by Gasteiger charge is -2.27. The maximum absolute atomic E-state index is 11.9. The Morgan fingerprint density at radius 3 is 2.32 bits per heavy atom. The van der Waals surface area contributed by atoms with Gasteiger partial charge in [-0.05, 0) is 0 Å². The van der Waals surface area contributed by atoms with E-state index in [0.717, 1.165) is 26.2 Å². The first-order valence-corrected chi connectivity index (χ1v) is 6.34. The highest BCUT2D eigenvalue weighted by atomic mass is 35.5. The number of benzene rings is 1. The van der Waals surface area contributed by atoms with E-state index in [2.05, 4.69) is 5.32 Å². The van der Waals surface area contributed by atoms with Crippen molar-refractivity contribution in [1.82, 2.24) is 10.2 Å². The van der Waals surface area contributed by atoms with Crippen molar-refractivity contribution in [3.63, 3.8) is 0 Å². The number of carbonyl (C=O) groups excluding carboxylic acids is 2. The number of ketones is 1. The number of nitrogens with zero attached hydrogens (tertiary/aromatic N) is 1. The molecule has 0 aromatic heterocycles. The van der Waals surface area contributed by atoms with Crippen molar-refractivity contribution in [3.05, 3.63) is 35.9 Å². The summed E-state index contributed by atoms with van der Waals surface area (Å²) in [7, 11) is 0. The molecule has 2 rings (SSSR count). The minimum atomic E-state index is 0. The smallest absolute Gasteiger partial charge is 0.223 e. The molecule has 1 N–H and O–H groups in total. The van der Waals surface area contributed by atoms with Crippen LogP contribution in [0.15, 0.2) is 30.3 Å². The van der Waals surface area contributed by atoms with Gasteiger partial charge in [-0.15, -0.1) is 12.4 Å². The van der Waals surface area contributed by atoms with Crippen molar-refractivity contribution < 1.29 is 9.59 Å². The van der Waals surface area contributed by atoms with Crippen LogP contribution in [0.3, 0.4) is 0 Å². The summed E-state index contributed by atoms with van der Waals surface area (Å²) in [5, 5.41) is 3.20. The Hall–Kier alpha value is -1.39. The van der Waals surface area contributed by atoms with Crippen LogP contribution in [-0.2, 0) is 4.79 Å². The van der Waals surface area contributed by atoms with Gasteiger partial charge in [0.15, 0.2) is 5.78 Å². The second kappa shape index (κ2) is 7.92. The molecule has 1 aromatic rings. The zero-order valence-corrected chi connectivity index (χ0v) is 11.6. The Balaban J connectivity index is 0.00000180. The van der Waals surface area contributed by atoms with Gasteiger partial charge in [0.2, 0.25) is 5.91 Å². The highest BCUT2D eigenvalue weighted by molar-refractivity contribution is 5.97. The molecule has 0 unspecified atom stereocenters. The summed E-state index contributed by atoms with van der Waals surface area (Å²) in [4.78, 5) is 25.6. The molecule has 5 heteroatoms. The van der Waals surface area contributed by atoms with E-state index in [9.17, 15) is 9.59 Å². The van der Waals surface area contributed by atoms with Crippen molar-refractivity contribution >= 4 is 24.1 Å². The molecule has 1 saturated heterocycles. The molecule has 0 spiro atoms. The van der Waals surface area contributed by atoms with E-state index in [1.54, 1.807) is 12.1 Å². The lowest BCUT2D eigenvalue weighted by atomic mass is 10.1. The largest absolute Gasteiger partial charge is 0.340 e. The van der Waals surface area contributed by atoms with Crippen LogP contribution in [0.2, 0.25) is 0 Å². The number of amides is 1.